The molecule has 170 valence electrons. The van der Waals surface area contributed by atoms with Gasteiger partial charge >= 0.3 is 0 Å². The molecule has 6 rings (SSSR count). The van der Waals surface area contributed by atoms with Crippen molar-refractivity contribution in [1.29, 1.82) is 0 Å². The fraction of sp³-hybridized carbons (Fsp3) is 0.0741. The number of nitrogens with one attached hydrogen (secondary N) is 3. The minimum absolute atomic E-state index is 0.0490. The largest absolute Gasteiger partial charge is 0.337 e. The maximum absolute atomic E-state index is 11.8. The number of hydrogen-bond donors (Lipinski definition) is 3. The first-order chi connectivity index (χ1) is 17.2. The van der Waals surface area contributed by atoms with Gasteiger partial charge in [-0.15, -0.1) is 0 Å². The lowest BCUT2D eigenvalue weighted by Crippen LogP contribution is -2.09. The molecule has 0 radical (unpaired) electrons. The summed E-state index contributed by atoms with van der Waals surface area (Å²) in [5, 5.41) is 11.5. The summed E-state index contributed by atoms with van der Waals surface area (Å²) in [6, 6.07) is 18.0. The number of pyridine rings is 2. The highest BCUT2D eigenvalue weighted by Gasteiger charge is 2.16. The van der Waals surface area contributed by atoms with Gasteiger partial charge in [0.05, 0.1) is 28.4 Å². The van der Waals surface area contributed by atoms with Crippen LogP contribution >= 0.6 is 0 Å². The highest BCUT2D eigenvalue weighted by Crippen LogP contribution is 2.33. The number of hydrogen-bond acceptors (Lipinski definition) is 5. The second kappa shape index (κ2) is 8.49. The third-order valence-electron chi connectivity index (χ3n) is 5.95. The van der Waals surface area contributed by atoms with E-state index in [2.05, 4.69) is 36.5 Å². The Morgan fingerprint density at radius 3 is 2.69 bits per heavy atom. The Bertz CT molecular complexity index is 1680. The molecule has 0 spiro atoms. The molecule has 6 aromatic rings. The molecule has 0 fully saturated rings. The van der Waals surface area contributed by atoms with Crippen LogP contribution in [0.2, 0.25) is 0 Å². The number of imidazole rings is 1. The highest BCUT2D eigenvalue weighted by atomic mass is 16.1. The van der Waals surface area contributed by atoms with Crippen LogP contribution in [0.5, 0.6) is 0 Å². The molecule has 8 nitrogen and oxygen atoms in total. The molecule has 0 bridgehead atoms. The van der Waals surface area contributed by atoms with Crippen LogP contribution in [-0.2, 0) is 4.79 Å². The van der Waals surface area contributed by atoms with Gasteiger partial charge < -0.3 is 10.3 Å². The first-order valence-electron chi connectivity index (χ1n) is 11.3. The number of rotatable bonds is 5. The molecule has 35 heavy (non-hydrogen) atoms. The van der Waals surface area contributed by atoms with Gasteiger partial charge in [-0.25, -0.2) is 4.98 Å². The molecule has 0 aliphatic rings. The van der Waals surface area contributed by atoms with Crippen LogP contribution < -0.4 is 5.32 Å². The van der Waals surface area contributed by atoms with Crippen molar-refractivity contribution in [2.45, 2.75) is 13.3 Å². The Kier molecular flexibility index (Phi) is 5.03. The predicted octanol–water partition coefficient (Wildman–Crippen LogP) is 5.58. The molecule has 0 unspecified atom stereocenters. The van der Waals surface area contributed by atoms with E-state index >= 15 is 0 Å². The van der Waals surface area contributed by atoms with E-state index in [4.69, 9.17) is 4.98 Å². The number of amides is 1. The fourth-order valence-corrected chi connectivity index (χ4v) is 4.19. The summed E-state index contributed by atoms with van der Waals surface area (Å²) in [5.41, 5.74) is 7.98. The van der Waals surface area contributed by atoms with Gasteiger partial charge in [0, 0.05) is 47.1 Å². The third-order valence-corrected chi connectivity index (χ3v) is 5.95. The van der Waals surface area contributed by atoms with Gasteiger partial charge in [0.15, 0.2) is 5.82 Å². The van der Waals surface area contributed by atoms with Crippen LogP contribution in [-0.4, -0.2) is 36.0 Å². The van der Waals surface area contributed by atoms with E-state index in [1.165, 1.54) is 0 Å². The monoisotopic (exact) mass is 459 g/mol. The summed E-state index contributed by atoms with van der Waals surface area (Å²) in [6.07, 6.45) is 7.44. The minimum atomic E-state index is -0.0490. The molecule has 4 heterocycles. The summed E-state index contributed by atoms with van der Waals surface area (Å²) in [6.45, 7) is 1.82. The number of fused-ring (bicyclic) bond motifs is 2. The summed E-state index contributed by atoms with van der Waals surface area (Å²) in [5.74, 6) is 0.633. The Hall–Kier alpha value is -4.85. The van der Waals surface area contributed by atoms with Gasteiger partial charge in [0.25, 0.3) is 0 Å². The van der Waals surface area contributed by atoms with Gasteiger partial charge in [-0.05, 0) is 35.9 Å². The molecule has 0 saturated heterocycles. The lowest BCUT2D eigenvalue weighted by molar-refractivity contribution is -0.115. The minimum Gasteiger partial charge on any atom is -0.337 e. The van der Waals surface area contributed by atoms with Crippen molar-refractivity contribution in [3.63, 3.8) is 0 Å². The van der Waals surface area contributed by atoms with E-state index in [9.17, 15) is 4.79 Å². The van der Waals surface area contributed by atoms with Crippen LogP contribution in [0.3, 0.4) is 0 Å². The van der Waals surface area contributed by atoms with Crippen LogP contribution in [0.1, 0.15) is 13.3 Å². The van der Waals surface area contributed by atoms with Crippen molar-refractivity contribution >= 4 is 33.5 Å². The van der Waals surface area contributed by atoms with Gasteiger partial charge in [0.1, 0.15) is 5.69 Å². The number of carbonyl (C=O) groups excluding carboxylic acids is 1. The zero-order chi connectivity index (χ0) is 23.8. The van der Waals surface area contributed by atoms with Crippen LogP contribution in [0.25, 0.3) is 55.7 Å². The number of H-pyrrole nitrogens is 2. The van der Waals surface area contributed by atoms with E-state index in [-0.39, 0.29) is 5.91 Å². The predicted molar refractivity (Wildman–Crippen MR) is 137 cm³/mol. The van der Waals surface area contributed by atoms with E-state index in [1.54, 1.807) is 18.6 Å². The van der Waals surface area contributed by atoms with Crippen molar-refractivity contribution in [2.24, 2.45) is 0 Å². The maximum Gasteiger partial charge on any atom is 0.224 e. The summed E-state index contributed by atoms with van der Waals surface area (Å²) in [7, 11) is 0. The zero-order valence-electron chi connectivity index (χ0n) is 18.9. The van der Waals surface area contributed by atoms with Crippen LogP contribution in [0.15, 0.2) is 79.4 Å². The molecule has 1 amide bonds. The second-order valence-corrected chi connectivity index (χ2v) is 8.23. The molecule has 0 saturated carbocycles. The molecule has 8 heteroatoms. The SMILES string of the molecule is CCC(=O)Nc1cncc(-c2ccc3[nH]nc(-c4nc5c(-c6cccnc6)cccc5[nH]4)c3c2)c1. The van der Waals surface area contributed by atoms with Gasteiger partial charge in [-0.3, -0.25) is 19.9 Å². The number of aromatic amines is 2. The maximum atomic E-state index is 11.8. The Balaban J connectivity index is 1.43. The van der Waals surface area contributed by atoms with Gasteiger partial charge in [-0.2, -0.15) is 5.10 Å². The molecular weight excluding hydrogens is 438 g/mol. The van der Waals surface area contributed by atoms with E-state index in [0.29, 0.717) is 17.9 Å². The first-order valence-corrected chi connectivity index (χ1v) is 11.3. The Morgan fingerprint density at radius 2 is 1.83 bits per heavy atom. The lowest BCUT2D eigenvalue weighted by atomic mass is 10.0. The lowest BCUT2D eigenvalue weighted by Gasteiger charge is -2.06. The number of nitrogens with zero attached hydrogens (tertiary/aromatic N) is 4. The van der Waals surface area contributed by atoms with Gasteiger partial charge in [0.2, 0.25) is 5.91 Å². The van der Waals surface area contributed by atoms with E-state index < -0.39 is 0 Å². The van der Waals surface area contributed by atoms with Crippen molar-refractivity contribution in [2.75, 3.05) is 5.32 Å². The van der Waals surface area contributed by atoms with Crippen molar-refractivity contribution in [3.8, 4) is 33.8 Å². The van der Waals surface area contributed by atoms with E-state index in [1.807, 2.05) is 61.7 Å². The quantitative estimate of drug-likeness (QED) is 0.312. The smallest absolute Gasteiger partial charge is 0.224 e. The molecule has 3 N–H and O–H groups in total. The number of benzene rings is 2. The fourth-order valence-electron chi connectivity index (χ4n) is 4.19. The molecule has 0 aliphatic carbocycles. The summed E-state index contributed by atoms with van der Waals surface area (Å²) < 4.78 is 0. The highest BCUT2D eigenvalue weighted by molar-refractivity contribution is 5.98. The van der Waals surface area contributed by atoms with Crippen molar-refractivity contribution in [1.82, 2.24) is 30.1 Å². The Labute approximate surface area is 200 Å². The summed E-state index contributed by atoms with van der Waals surface area (Å²) >= 11 is 0. The third kappa shape index (κ3) is 3.80. The second-order valence-electron chi connectivity index (χ2n) is 8.23. The average molecular weight is 460 g/mol. The van der Waals surface area contributed by atoms with Crippen LogP contribution in [0.4, 0.5) is 5.69 Å². The standard InChI is InChI=1S/C27H21N7O/c1-2-24(35)30-19-11-18(14-29-15-19)16-8-9-22-21(12-16)26(34-33-22)27-31-23-7-3-6-20(25(23)32-27)17-5-4-10-28-13-17/h3-15H,2H2,1H3,(H,30,35)(H,31,32)(H,33,34). The zero-order valence-corrected chi connectivity index (χ0v) is 18.9. The molecule has 0 atom stereocenters. The van der Waals surface area contributed by atoms with E-state index in [0.717, 1.165) is 49.9 Å². The summed E-state index contributed by atoms with van der Waals surface area (Å²) in [4.78, 5) is 28.7. The molecule has 4 aromatic heterocycles. The van der Waals surface area contributed by atoms with Crippen molar-refractivity contribution < 1.29 is 4.79 Å². The molecule has 2 aromatic carbocycles. The normalized spacial score (nSPS) is 11.2. The number of anilines is 1. The van der Waals surface area contributed by atoms with Crippen molar-refractivity contribution in [3.05, 3.63) is 79.4 Å². The topological polar surface area (TPSA) is 112 Å². The average Bonchev–Trinajstić information content (AvgIpc) is 3.53. The molecular formula is C27H21N7O. The number of carbonyl (C=O) groups is 1. The number of para-hydroxylation sites is 1. The van der Waals surface area contributed by atoms with Crippen LogP contribution in [0, 0.1) is 0 Å². The first kappa shape index (κ1) is 20.7. The Morgan fingerprint density at radius 1 is 0.914 bits per heavy atom. The molecule has 0 aliphatic heterocycles. The van der Waals surface area contributed by atoms with Gasteiger partial charge in [-0.1, -0.05) is 31.2 Å². The number of aromatic nitrogens is 6.